The minimum absolute atomic E-state index is 0.00534. The predicted molar refractivity (Wildman–Crippen MR) is 63.9 cm³/mol. The first-order chi connectivity index (χ1) is 7.52. The lowest BCUT2D eigenvalue weighted by molar-refractivity contribution is -0.158. The molecule has 4 heteroatoms. The Morgan fingerprint density at radius 1 is 1.44 bits per heavy atom. The maximum atomic E-state index is 11.8. The van der Waals surface area contributed by atoms with E-state index in [0.717, 1.165) is 32.1 Å². The highest BCUT2D eigenvalue weighted by Crippen LogP contribution is 2.26. The summed E-state index contributed by atoms with van der Waals surface area (Å²) in [4.78, 5) is 13.5. The number of likely N-dealkylation sites (tertiary alicyclic amines) is 1. The molecule has 0 aliphatic carbocycles. The Labute approximate surface area is 97.8 Å². The van der Waals surface area contributed by atoms with Crippen molar-refractivity contribution in [1.29, 1.82) is 0 Å². The van der Waals surface area contributed by atoms with E-state index in [1.54, 1.807) is 4.90 Å². The van der Waals surface area contributed by atoms with Crippen molar-refractivity contribution in [2.24, 2.45) is 5.73 Å². The summed E-state index contributed by atoms with van der Waals surface area (Å²) >= 11 is 0. The molecule has 0 saturated carbocycles. The first-order valence-corrected chi connectivity index (χ1v) is 6.29. The zero-order valence-electron chi connectivity index (χ0n) is 10.4. The predicted octanol–water partition coefficient (Wildman–Crippen LogP) is 0.877. The summed E-state index contributed by atoms with van der Waals surface area (Å²) < 4.78 is 0. The molecule has 0 unspecified atom stereocenters. The number of aliphatic hydroxyl groups is 1. The van der Waals surface area contributed by atoms with E-state index in [2.05, 4.69) is 6.92 Å². The molecule has 1 aliphatic rings. The van der Waals surface area contributed by atoms with Crippen LogP contribution in [0.15, 0.2) is 0 Å². The van der Waals surface area contributed by atoms with Gasteiger partial charge in [-0.15, -0.1) is 0 Å². The van der Waals surface area contributed by atoms with Gasteiger partial charge < -0.3 is 15.7 Å². The number of hydrogen-bond donors (Lipinski definition) is 2. The van der Waals surface area contributed by atoms with Crippen LogP contribution in [0.2, 0.25) is 0 Å². The van der Waals surface area contributed by atoms with Gasteiger partial charge in [-0.05, 0) is 12.8 Å². The van der Waals surface area contributed by atoms with Crippen LogP contribution in [-0.2, 0) is 4.79 Å². The van der Waals surface area contributed by atoms with E-state index in [4.69, 9.17) is 5.73 Å². The molecule has 16 heavy (non-hydrogen) atoms. The molecule has 0 aromatic rings. The lowest BCUT2D eigenvalue weighted by Crippen LogP contribution is -2.65. The Morgan fingerprint density at radius 2 is 2.06 bits per heavy atom. The fourth-order valence-electron chi connectivity index (χ4n) is 2.23. The van der Waals surface area contributed by atoms with Gasteiger partial charge in [0.1, 0.15) is 0 Å². The molecule has 94 valence electrons. The Balaban J connectivity index is 2.30. The van der Waals surface area contributed by atoms with E-state index in [1.165, 1.54) is 0 Å². The van der Waals surface area contributed by atoms with E-state index in [9.17, 15) is 9.90 Å². The molecule has 0 radical (unpaired) electrons. The van der Waals surface area contributed by atoms with E-state index in [1.807, 2.05) is 6.92 Å². The average Bonchev–Trinajstić information content (AvgIpc) is 2.21. The molecule has 1 heterocycles. The number of carbonyl (C=O) groups excluding carboxylic acids is 1. The van der Waals surface area contributed by atoms with Gasteiger partial charge in [-0.1, -0.05) is 33.1 Å². The lowest BCUT2D eigenvalue weighted by Gasteiger charge is -2.47. The van der Waals surface area contributed by atoms with Crippen molar-refractivity contribution < 1.29 is 9.90 Å². The summed E-state index contributed by atoms with van der Waals surface area (Å²) in [5.74, 6) is -0.00534. The highest BCUT2D eigenvalue weighted by molar-refractivity contribution is 5.82. The second-order valence-corrected chi connectivity index (χ2v) is 4.92. The van der Waals surface area contributed by atoms with E-state index < -0.39 is 5.60 Å². The molecule has 1 rings (SSSR count). The minimum atomic E-state index is -0.644. The molecule has 1 saturated heterocycles. The zero-order valence-corrected chi connectivity index (χ0v) is 10.4. The standard InChI is InChI=1S/C12H24N2O2/c1-3-5-6-10(13)11(15)14-8-12(16,9-14)7-4-2/h10,16H,3-9,13H2,1-2H3/t10-/m0/s1. The lowest BCUT2D eigenvalue weighted by atomic mass is 9.88. The van der Waals surface area contributed by atoms with Crippen LogP contribution >= 0.6 is 0 Å². The largest absolute Gasteiger partial charge is 0.386 e. The summed E-state index contributed by atoms with van der Waals surface area (Å²) in [6.45, 7) is 5.04. The fraction of sp³-hybridized carbons (Fsp3) is 0.917. The molecule has 0 aromatic heterocycles. The summed E-state index contributed by atoms with van der Waals surface area (Å²) in [6.07, 6.45) is 4.50. The van der Waals surface area contributed by atoms with Gasteiger partial charge in [-0.2, -0.15) is 0 Å². The molecule has 1 fully saturated rings. The van der Waals surface area contributed by atoms with Crippen LogP contribution in [0.4, 0.5) is 0 Å². The van der Waals surface area contributed by atoms with Crippen molar-refractivity contribution in [1.82, 2.24) is 4.90 Å². The maximum absolute atomic E-state index is 11.8. The molecule has 1 amide bonds. The third-order valence-electron chi connectivity index (χ3n) is 3.18. The van der Waals surface area contributed by atoms with Crippen LogP contribution in [0.25, 0.3) is 0 Å². The van der Waals surface area contributed by atoms with Gasteiger partial charge >= 0.3 is 0 Å². The maximum Gasteiger partial charge on any atom is 0.239 e. The van der Waals surface area contributed by atoms with Gasteiger partial charge in [0, 0.05) is 0 Å². The number of nitrogens with zero attached hydrogens (tertiary/aromatic N) is 1. The van der Waals surface area contributed by atoms with E-state index >= 15 is 0 Å². The van der Waals surface area contributed by atoms with Crippen molar-refractivity contribution in [2.45, 2.75) is 57.6 Å². The number of hydrogen-bond acceptors (Lipinski definition) is 3. The molecule has 3 N–H and O–H groups in total. The molecule has 0 aromatic carbocycles. The minimum Gasteiger partial charge on any atom is -0.386 e. The average molecular weight is 228 g/mol. The second-order valence-electron chi connectivity index (χ2n) is 4.92. The first kappa shape index (κ1) is 13.5. The molecule has 1 atom stereocenters. The summed E-state index contributed by atoms with van der Waals surface area (Å²) in [7, 11) is 0. The number of amides is 1. The van der Waals surface area contributed by atoms with Crippen molar-refractivity contribution >= 4 is 5.91 Å². The third-order valence-corrected chi connectivity index (χ3v) is 3.18. The van der Waals surface area contributed by atoms with Gasteiger partial charge in [0.25, 0.3) is 0 Å². The van der Waals surface area contributed by atoms with Crippen LogP contribution in [0.1, 0.15) is 46.0 Å². The first-order valence-electron chi connectivity index (χ1n) is 6.29. The van der Waals surface area contributed by atoms with Crippen LogP contribution in [0.5, 0.6) is 0 Å². The summed E-state index contributed by atoms with van der Waals surface area (Å²) in [5, 5.41) is 9.95. The monoisotopic (exact) mass is 228 g/mol. The second kappa shape index (κ2) is 5.64. The van der Waals surface area contributed by atoms with Crippen LogP contribution < -0.4 is 5.73 Å². The van der Waals surface area contributed by atoms with Gasteiger partial charge in [-0.25, -0.2) is 0 Å². The van der Waals surface area contributed by atoms with Crippen molar-refractivity contribution in [3.8, 4) is 0 Å². The van der Waals surface area contributed by atoms with Crippen molar-refractivity contribution in [3.05, 3.63) is 0 Å². The Morgan fingerprint density at radius 3 is 2.56 bits per heavy atom. The highest BCUT2D eigenvalue weighted by Gasteiger charge is 2.43. The van der Waals surface area contributed by atoms with E-state index in [0.29, 0.717) is 13.1 Å². The number of nitrogens with two attached hydrogens (primary N) is 1. The van der Waals surface area contributed by atoms with Crippen molar-refractivity contribution in [3.63, 3.8) is 0 Å². The Bertz CT molecular complexity index is 237. The molecular weight excluding hydrogens is 204 g/mol. The Kier molecular flexibility index (Phi) is 4.74. The molecule has 4 nitrogen and oxygen atoms in total. The van der Waals surface area contributed by atoms with Crippen LogP contribution in [-0.4, -0.2) is 40.6 Å². The normalized spacial score (nSPS) is 20.4. The number of rotatable bonds is 6. The van der Waals surface area contributed by atoms with Crippen molar-refractivity contribution in [2.75, 3.05) is 13.1 Å². The molecule has 0 spiro atoms. The molecular formula is C12H24N2O2. The smallest absolute Gasteiger partial charge is 0.239 e. The number of carbonyl (C=O) groups is 1. The van der Waals surface area contributed by atoms with Crippen LogP contribution in [0.3, 0.4) is 0 Å². The van der Waals surface area contributed by atoms with Gasteiger partial charge in [0.2, 0.25) is 5.91 Å². The summed E-state index contributed by atoms with van der Waals surface area (Å²) in [5.41, 5.74) is 5.16. The van der Waals surface area contributed by atoms with Gasteiger partial charge in [0.15, 0.2) is 0 Å². The highest BCUT2D eigenvalue weighted by atomic mass is 16.3. The SMILES string of the molecule is CCCC[C@H](N)C(=O)N1CC(O)(CCC)C1. The van der Waals surface area contributed by atoms with Crippen LogP contribution in [0, 0.1) is 0 Å². The molecule has 0 bridgehead atoms. The zero-order chi connectivity index (χ0) is 12.2. The van der Waals surface area contributed by atoms with Gasteiger partial charge in [-0.3, -0.25) is 4.79 Å². The quantitative estimate of drug-likeness (QED) is 0.709. The molecule has 1 aliphatic heterocycles. The topological polar surface area (TPSA) is 66.6 Å². The Hall–Kier alpha value is -0.610. The van der Waals surface area contributed by atoms with Gasteiger partial charge in [0.05, 0.1) is 24.7 Å². The fourth-order valence-corrected chi connectivity index (χ4v) is 2.23. The summed E-state index contributed by atoms with van der Waals surface area (Å²) in [6, 6.07) is -0.383. The van der Waals surface area contributed by atoms with E-state index in [-0.39, 0.29) is 11.9 Å². The third kappa shape index (κ3) is 3.19. The number of β-amino-alcohol motifs (C(OH)–C–C–N with tert-alkyl or cyclic N) is 1. The number of unbranched alkanes of at least 4 members (excludes halogenated alkanes) is 1.